The fourth-order valence-corrected chi connectivity index (χ4v) is 3.29. The minimum absolute atomic E-state index is 0.138. The molecule has 6 nitrogen and oxygen atoms in total. The molecule has 2 heterocycles. The van der Waals surface area contributed by atoms with Crippen LogP contribution >= 0.6 is 15.9 Å². The Hall–Kier alpha value is -1.70. The van der Waals surface area contributed by atoms with Gasteiger partial charge in [-0.3, -0.25) is 14.8 Å². The molecule has 3 rings (SSSR count). The van der Waals surface area contributed by atoms with Crippen LogP contribution in [0.1, 0.15) is 40.2 Å². The predicted molar refractivity (Wildman–Crippen MR) is 99.2 cm³/mol. The van der Waals surface area contributed by atoms with Gasteiger partial charge in [0.05, 0.1) is 10.6 Å². The van der Waals surface area contributed by atoms with Gasteiger partial charge in [-0.15, -0.1) is 0 Å². The summed E-state index contributed by atoms with van der Waals surface area (Å²) in [5.74, 6) is -0.202. The van der Waals surface area contributed by atoms with Crippen molar-refractivity contribution in [2.45, 2.75) is 39.0 Å². The van der Waals surface area contributed by atoms with E-state index in [4.69, 9.17) is 0 Å². The van der Waals surface area contributed by atoms with Crippen molar-refractivity contribution in [2.24, 2.45) is 0 Å². The number of nitrogens with zero attached hydrogens (tertiary/aromatic N) is 2. The van der Waals surface area contributed by atoms with E-state index in [1.54, 1.807) is 0 Å². The molecule has 1 fully saturated rings. The molecule has 2 aromatic rings. The monoisotopic (exact) mass is 406 g/mol. The number of carbonyl (C=O) groups excluding carboxylic acids is 1. The van der Waals surface area contributed by atoms with Crippen molar-refractivity contribution in [3.8, 4) is 0 Å². The molecule has 3 N–H and O–H groups in total. The lowest BCUT2D eigenvalue weighted by Crippen LogP contribution is -2.35. The van der Waals surface area contributed by atoms with Gasteiger partial charge in [-0.2, -0.15) is 5.10 Å². The Morgan fingerprint density at radius 2 is 1.96 bits per heavy atom. The highest BCUT2D eigenvalue weighted by molar-refractivity contribution is 9.10. The number of aliphatic hydroxyl groups is 1. The Morgan fingerprint density at radius 1 is 1.32 bits per heavy atom. The summed E-state index contributed by atoms with van der Waals surface area (Å²) >= 11 is 3.36. The summed E-state index contributed by atoms with van der Waals surface area (Å²) in [5.41, 5.74) is 3.51. The predicted octanol–water partition coefficient (Wildman–Crippen LogP) is 2.37. The zero-order valence-electron chi connectivity index (χ0n) is 14.3. The third-order valence-corrected chi connectivity index (χ3v) is 5.50. The van der Waals surface area contributed by atoms with Crippen LogP contribution in [0.5, 0.6) is 0 Å². The Bertz CT molecular complexity index is 721. The maximum absolute atomic E-state index is 12.2. The quantitative estimate of drug-likeness (QED) is 0.711. The molecule has 7 heteroatoms. The molecule has 134 valence electrons. The van der Waals surface area contributed by atoms with Gasteiger partial charge in [-0.05, 0) is 46.8 Å². The molecule has 0 aliphatic carbocycles. The first-order valence-electron chi connectivity index (χ1n) is 8.50. The summed E-state index contributed by atoms with van der Waals surface area (Å²) in [6.07, 6.45) is 1.57. The fraction of sp³-hybridized carbons (Fsp3) is 0.444. The number of amides is 1. The highest BCUT2D eigenvalue weighted by Gasteiger charge is 2.17. The number of nitrogens with one attached hydrogen (secondary N) is 2. The van der Waals surface area contributed by atoms with E-state index in [9.17, 15) is 9.90 Å². The Kier molecular flexibility index (Phi) is 5.88. The maximum atomic E-state index is 12.2. The van der Waals surface area contributed by atoms with Crippen LogP contribution in [0.15, 0.2) is 28.7 Å². The average Bonchev–Trinajstić information content (AvgIpc) is 2.95. The highest BCUT2D eigenvalue weighted by Crippen LogP contribution is 2.18. The fourth-order valence-electron chi connectivity index (χ4n) is 2.93. The van der Waals surface area contributed by atoms with E-state index >= 15 is 0 Å². The number of aryl methyl sites for hydroxylation is 1. The van der Waals surface area contributed by atoms with Gasteiger partial charge in [-0.25, -0.2) is 0 Å². The Balaban J connectivity index is 1.51. The smallest absolute Gasteiger partial charge is 0.273 e. The van der Waals surface area contributed by atoms with E-state index in [2.05, 4.69) is 48.5 Å². The summed E-state index contributed by atoms with van der Waals surface area (Å²) in [7, 11) is 0. The second-order valence-corrected chi connectivity index (χ2v) is 7.31. The van der Waals surface area contributed by atoms with Crippen LogP contribution in [0.4, 0.5) is 0 Å². The van der Waals surface area contributed by atoms with E-state index in [0.29, 0.717) is 16.7 Å². The third kappa shape index (κ3) is 4.68. The van der Waals surface area contributed by atoms with Crippen LogP contribution in [-0.2, 0) is 13.1 Å². The van der Waals surface area contributed by atoms with Crippen molar-refractivity contribution in [3.05, 3.63) is 51.3 Å². The summed E-state index contributed by atoms with van der Waals surface area (Å²) in [6.45, 7) is 5.11. The van der Waals surface area contributed by atoms with Gasteiger partial charge in [0, 0.05) is 31.9 Å². The van der Waals surface area contributed by atoms with Crippen molar-refractivity contribution in [3.63, 3.8) is 0 Å². The van der Waals surface area contributed by atoms with E-state index in [1.165, 1.54) is 5.56 Å². The lowest BCUT2D eigenvalue weighted by Gasteiger charge is -2.29. The van der Waals surface area contributed by atoms with Crippen LogP contribution in [0, 0.1) is 6.92 Å². The number of hydrogen-bond donors (Lipinski definition) is 3. The number of piperidine rings is 1. The van der Waals surface area contributed by atoms with Crippen molar-refractivity contribution >= 4 is 21.8 Å². The topological polar surface area (TPSA) is 81.2 Å². The number of hydrogen-bond acceptors (Lipinski definition) is 4. The first kappa shape index (κ1) is 18.1. The standard InChI is InChI=1S/C18H23BrN4O2/c1-12-16(19)17(22-21-12)18(25)20-10-13-2-4-14(5-3-13)11-23-8-6-15(24)7-9-23/h2-5,15,24H,6-11H2,1H3,(H,20,25)(H,21,22). The molecular weight excluding hydrogens is 384 g/mol. The average molecular weight is 407 g/mol. The summed E-state index contributed by atoms with van der Waals surface area (Å²) in [4.78, 5) is 14.5. The molecule has 0 bridgehead atoms. The summed E-state index contributed by atoms with van der Waals surface area (Å²) < 4.78 is 0.701. The first-order valence-corrected chi connectivity index (χ1v) is 9.29. The second-order valence-electron chi connectivity index (χ2n) is 6.52. The maximum Gasteiger partial charge on any atom is 0.273 e. The SMILES string of the molecule is Cc1[nH]nc(C(=O)NCc2ccc(CN3CCC(O)CC3)cc2)c1Br. The van der Waals surface area contributed by atoms with Gasteiger partial charge < -0.3 is 10.4 Å². The number of rotatable bonds is 5. The molecule has 1 amide bonds. The highest BCUT2D eigenvalue weighted by atomic mass is 79.9. The molecule has 1 saturated heterocycles. The van der Waals surface area contributed by atoms with E-state index in [0.717, 1.165) is 43.7 Å². The van der Waals surface area contributed by atoms with Crippen LogP contribution in [-0.4, -0.2) is 45.3 Å². The van der Waals surface area contributed by atoms with Gasteiger partial charge in [-0.1, -0.05) is 24.3 Å². The van der Waals surface area contributed by atoms with E-state index < -0.39 is 0 Å². The summed E-state index contributed by atoms with van der Waals surface area (Å²) in [6, 6.07) is 8.28. The van der Waals surface area contributed by atoms with Gasteiger partial charge in [0.2, 0.25) is 0 Å². The molecule has 0 unspecified atom stereocenters. The molecule has 0 radical (unpaired) electrons. The number of aromatic nitrogens is 2. The molecular formula is C18H23BrN4O2. The second kappa shape index (κ2) is 8.12. The largest absolute Gasteiger partial charge is 0.393 e. The minimum Gasteiger partial charge on any atom is -0.393 e. The van der Waals surface area contributed by atoms with Crippen molar-refractivity contribution in [1.82, 2.24) is 20.4 Å². The lowest BCUT2D eigenvalue weighted by atomic mass is 10.1. The van der Waals surface area contributed by atoms with Crippen molar-refractivity contribution in [2.75, 3.05) is 13.1 Å². The molecule has 1 aromatic carbocycles. The summed E-state index contributed by atoms with van der Waals surface area (Å²) in [5, 5.41) is 19.2. The van der Waals surface area contributed by atoms with Crippen LogP contribution in [0.2, 0.25) is 0 Å². The molecule has 0 saturated carbocycles. The number of carbonyl (C=O) groups is 1. The number of H-pyrrole nitrogens is 1. The van der Waals surface area contributed by atoms with Gasteiger partial charge >= 0.3 is 0 Å². The molecule has 0 spiro atoms. The Morgan fingerprint density at radius 3 is 2.56 bits per heavy atom. The van der Waals surface area contributed by atoms with Crippen LogP contribution in [0.25, 0.3) is 0 Å². The van der Waals surface area contributed by atoms with Gasteiger partial charge in [0.15, 0.2) is 5.69 Å². The van der Waals surface area contributed by atoms with Crippen molar-refractivity contribution < 1.29 is 9.90 Å². The van der Waals surface area contributed by atoms with E-state index in [-0.39, 0.29) is 12.0 Å². The number of halogens is 1. The first-order chi connectivity index (χ1) is 12.0. The number of benzene rings is 1. The van der Waals surface area contributed by atoms with E-state index in [1.807, 2.05) is 19.1 Å². The molecule has 1 aromatic heterocycles. The van der Waals surface area contributed by atoms with Crippen LogP contribution in [0.3, 0.4) is 0 Å². The molecule has 1 aliphatic rings. The zero-order valence-corrected chi connectivity index (χ0v) is 15.8. The number of aromatic amines is 1. The van der Waals surface area contributed by atoms with Gasteiger partial charge in [0.1, 0.15) is 0 Å². The number of aliphatic hydroxyl groups excluding tert-OH is 1. The normalized spacial score (nSPS) is 16.1. The number of likely N-dealkylation sites (tertiary alicyclic amines) is 1. The van der Waals surface area contributed by atoms with Crippen molar-refractivity contribution in [1.29, 1.82) is 0 Å². The van der Waals surface area contributed by atoms with Gasteiger partial charge in [0.25, 0.3) is 5.91 Å². The zero-order chi connectivity index (χ0) is 17.8. The molecule has 1 aliphatic heterocycles. The Labute approximate surface area is 155 Å². The van der Waals surface area contributed by atoms with Crippen LogP contribution < -0.4 is 5.32 Å². The lowest BCUT2D eigenvalue weighted by molar-refractivity contribution is 0.0792. The third-order valence-electron chi connectivity index (χ3n) is 4.53. The molecule has 0 atom stereocenters. The molecule has 25 heavy (non-hydrogen) atoms. The minimum atomic E-state index is -0.202.